The van der Waals surface area contributed by atoms with Crippen LogP contribution in [0.15, 0.2) is 12.3 Å². The summed E-state index contributed by atoms with van der Waals surface area (Å²) in [5.41, 5.74) is 6.90. The van der Waals surface area contributed by atoms with Gasteiger partial charge >= 0.3 is 0 Å². The van der Waals surface area contributed by atoms with Crippen molar-refractivity contribution in [2.24, 2.45) is 0 Å². The number of rotatable bonds is 2. The van der Waals surface area contributed by atoms with Crippen molar-refractivity contribution in [1.82, 2.24) is 10.3 Å². The van der Waals surface area contributed by atoms with Gasteiger partial charge in [-0.3, -0.25) is 0 Å². The number of aliphatic hydroxyl groups excluding tert-OH is 1. The highest BCUT2D eigenvalue weighted by atomic mass is 16.3. The minimum absolute atomic E-state index is 0.111. The molecule has 4 nitrogen and oxygen atoms in total. The average molecular weight is 191 g/mol. The monoisotopic (exact) mass is 191 g/mol. The number of pyridine rings is 1. The van der Waals surface area contributed by atoms with Gasteiger partial charge < -0.3 is 16.2 Å². The van der Waals surface area contributed by atoms with Crippen LogP contribution in [0.5, 0.6) is 0 Å². The molecule has 0 radical (unpaired) electrons. The molecule has 1 aromatic heterocycles. The molecule has 0 aliphatic heterocycles. The molecular formula is C10H13N3O. The van der Waals surface area contributed by atoms with Gasteiger partial charge in [0.2, 0.25) is 0 Å². The molecule has 0 saturated heterocycles. The van der Waals surface area contributed by atoms with Crippen molar-refractivity contribution >= 4 is 5.82 Å². The lowest BCUT2D eigenvalue weighted by Crippen LogP contribution is -2.04. The first-order valence-corrected chi connectivity index (χ1v) is 4.26. The van der Waals surface area contributed by atoms with Gasteiger partial charge in [0.05, 0.1) is 13.2 Å². The molecule has 1 rings (SSSR count). The highest BCUT2D eigenvalue weighted by Gasteiger charge is 1.98. The molecule has 0 unspecified atom stereocenters. The van der Waals surface area contributed by atoms with Crippen LogP contribution in [0.2, 0.25) is 0 Å². The summed E-state index contributed by atoms with van der Waals surface area (Å²) in [6, 6.07) is 1.74. The third kappa shape index (κ3) is 2.73. The van der Waals surface area contributed by atoms with Crippen molar-refractivity contribution in [2.75, 3.05) is 19.3 Å². The maximum Gasteiger partial charge on any atom is 0.128 e. The first-order valence-electron chi connectivity index (χ1n) is 4.26. The lowest BCUT2D eigenvalue weighted by molar-refractivity contribution is 0.282. The van der Waals surface area contributed by atoms with E-state index in [1.807, 2.05) is 7.05 Å². The van der Waals surface area contributed by atoms with Crippen LogP contribution in [-0.2, 0) is 6.61 Å². The Morgan fingerprint density at radius 3 is 3.07 bits per heavy atom. The Hall–Kier alpha value is -1.57. The number of nitrogens with one attached hydrogen (secondary N) is 1. The Morgan fingerprint density at radius 1 is 1.64 bits per heavy atom. The number of nitrogens with two attached hydrogens (primary N) is 1. The quantitative estimate of drug-likeness (QED) is 0.563. The fourth-order valence-electron chi connectivity index (χ4n) is 0.951. The van der Waals surface area contributed by atoms with Gasteiger partial charge in [0.25, 0.3) is 0 Å². The highest BCUT2D eigenvalue weighted by Crippen LogP contribution is 2.09. The molecule has 0 saturated carbocycles. The molecular weight excluding hydrogens is 178 g/mol. The van der Waals surface area contributed by atoms with Crippen molar-refractivity contribution < 1.29 is 5.11 Å². The molecule has 1 aromatic rings. The number of aromatic nitrogens is 1. The molecule has 4 N–H and O–H groups in total. The van der Waals surface area contributed by atoms with Gasteiger partial charge in [0, 0.05) is 17.3 Å². The molecule has 0 bridgehead atoms. The minimum Gasteiger partial charge on any atom is -0.392 e. The van der Waals surface area contributed by atoms with Gasteiger partial charge in [-0.2, -0.15) is 0 Å². The van der Waals surface area contributed by atoms with Crippen molar-refractivity contribution in [3.8, 4) is 11.8 Å². The summed E-state index contributed by atoms with van der Waals surface area (Å²) in [4.78, 5) is 3.92. The summed E-state index contributed by atoms with van der Waals surface area (Å²) in [5.74, 6) is 6.16. The Morgan fingerprint density at radius 2 is 2.43 bits per heavy atom. The van der Waals surface area contributed by atoms with Crippen LogP contribution in [-0.4, -0.2) is 23.7 Å². The summed E-state index contributed by atoms with van der Waals surface area (Å²) in [5, 5.41) is 11.8. The molecule has 0 spiro atoms. The van der Waals surface area contributed by atoms with Crippen LogP contribution >= 0.6 is 0 Å². The predicted octanol–water partition coefficient (Wildman–Crippen LogP) is -0.273. The zero-order chi connectivity index (χ0) is 10.4. The smallest absolute Gasteiger partial charge is 0.128 e. The number of anilines is 1. The first kappa shape index (κ1) is 10.5. The molecule has 0 amide bonds. The fourth-order valence-corrected chi connectivity index (χ4v) is 0.951. The summed E-state index contributed by atoms with van der Waals surface area (Å²) >= 11 is 0. The van der Waals surface area contributed by atoms with Crippen LogP contribution < -0.4 is 11.1 Å². The van der Waals surface area contributed by atoms with Gasteiger partial charge in [0.1, 0.15) is 5.82 Å². The van der Waals surface area contributed by atoms with Crippen molar-refractivity contribution in [3.05, 3.63) is 23.4 Å². The number of hydrogen-bond donors (Lipinski definition) is 3. The van der Waals surface area contributed by atoms with E-state index in [1.54, 1.807) is 12.3 Å². The second-order valence-corrected chi connectivity index (χ2v) is 2.76. The molecule has 0 aliphatic rings. The first-order chi connectivity index (χ1) is 6.77. The molecule has 1 heterocycles. The Balaban J connectivity index is 2.86. The molecule has 4 heteroatoms. The van der Waals surface area contributed by atoms with Crippen LogP contribution in [0.4, 0.5) is 5.82 Å². The number of hydrogen-bond acceptors (Lipinski definition) is 4. The SMILES string of the molecule is CNCC#Cc1cnc(N)c(CO)c1. The van der Waals surface area contributed by atoms with Crippen LogP contribution in [0.1, 0.15) is 11.1 Å². The second kappa shape index (κ2) is 5.22. The Bertz CT molecular complexity index is 365. The lowest BCUT2D eigenvalue weighted by Gasteiger charge is -2.00. The van der Waals surface area contributed by atoms with Crippen LogP contribution in [0.3, 0.4) is 0 Å². The van der Waals surface area contributed by atoms with E-state index in [-0.39, 0.29) is 6.61 Å². The van der Waals surface area contributed by atoms with Gasteiger partial charge in [0.15, 0.2) is 0 Å². The summed E-state index contributed by atoms with van der Waals surface area (Å²) < 4.78 is 0. The van der Waals surface area contributed by atoms with E-state index >= 15 is 0 Å². The molecule has 0 aliphatic carbocycles. The van der Waals surface area contributed by atoms with E-state index in [1.165, 1.54) is 0 Å². The van der Waals surface area contributed by atoms with E-state index in [2.05, 4.69) is 22.1 Å². The predicted molar refractivity (Wildman–Crippen MR) is 55.4 cm³/mol. The minimum atomic E-state index is -0.111. The van der Waals surface area contributed by atoms with Gasteiger partial charge in [-0.05, 0) is 13.1 Å². The normalized spacial score (nSPS) is 9.29. The van der Waals surface area contributed by atoms with E-state index < -0.39 is 0 Å². The largest absolute Gasteiger partial charge is 0.392 e. The summed E-state index contributed by atoms with van der Waals surface area (Å²) in [6.45, 7) is 0.513. The van der Waals surface area contributed by atoms with Crippen LogP contribution in [0, 0.1) is 11.8 Å². The highest BCUT2D eigenvalue weighted by molar-refractivity contribution is 5.45. The van der Waals surface area contributed by atoms with Gasteiger partial charge in [-0.25, -0.2) is 4.98 Å². The molecule has 0 aromatic carbocycles. The van der Waals surface area contributed by atoms with Crippen molar-refractivity contribution in [2.45, 2.75) is 6.61 Å². The Labute approximate surface area is 83.2 Å². The zero-order valence-corrected chi connectivity index (χ0v) is 8.04. The van der Waals surface area contributed by atoms with Crippen LogP contribution in [0.25, 0.3) is 0 Å². The number of nitrogens with zero attached hydrogens (tertiary/aromatic N) is 1. The lowest BCUT2D eigenvalue weighted by atomic mass is 10.2. The second-order valence-electron chi connectivity index (χ2n) is 2.76. The van der Waals surface area contributed by atoms with E-state index in [4.69, 9.17) is 10.8 Å². The number of aliphatic hydroxyl groups is 1. The molecule has 0 fully saturated rings. The van der Waals surface area contributed by atoms with Gasteiger partial charge in [-0.1, -0.05) is 11.8 Å². The zero-order valence-electron chi connectivity index (χ0n) is 8.04. The summed E-state index contributed by atoms with van der Waals surface area (Å²) in [6.07, 6.45) is 1.59. The van der Waals surface area contributed by atoms with E-state index in [0.29, 0.717) is 17.9 Å². The van der Waals surface area contributed by atoms with Crippen molar-refractivity contribution in [1.29, 1.82) is 0 Å². The van der Waals surface area contributed by atoms with Gasteiger partial charge in [-0.15, -0.1) is 0 Å². The topological polar surface area (TPSA) is 71.2 Å². The molecule has 0 atom stereocenters. The third-order valence-corrected chi connectivity index (χ3v) is 1.67. The molecule has 14 heavy (non-hydrogen) atoms. The maximum atomic E-state index is 8.93. The fraction of sp³-hybridized carbons (Fsp3) is 0.300. The average Bonchev–Trinajstić information content (AvgIpc) is 2.21. The van der Waals surface area contributed by atoms with E-state index in [9.17, 15) is 0 Å². The Kier molecular flexibility index (Phi) is 3.92. The van der Waals surface area contributed by atoms with E-state index in [0.717, 1.165) is 5.56 Å². The summed E-state index contributed by atoms with van der Waals surface area (Å²) in [7, 11) is 1.83. The number of nitrogen functional groups attached to an aromatic ring is 1. The standard InChI is InChI=1S/C10H13N3O/c1-12-4-2-3-8-5-9(7-14)10(11)13-6-8/h5-6,12,14H,4,7H2,1H3,(H2,11,13). The molecule has 74 valence electrons. The van der Waals surface area contributed by atoms with Crippen molar-refractivity contribution in [3.63, 3.8) is 0 Å². The third-order valence-electron chi connectivity index (χ3n) is 1.67. The maximum absolute atomic E-state index is 8.93.